The first-order valence-corrected chi connectivity index (χ1v) is 9.90. The van der Waals surface area contributed by atoms with Gasteiger partial charge < -0.3 is 19.7 Å². The van der Waals surface area contributed by atoms with E-state index in [0.717, 1.165) is 21.4 Å². The third-order valence-corrected chi connectivity index (χ3v) is 5.67. The number of hydrogen-bond donors (Lipinski definition) is 2. The minimum absolute atomic E-state index is 0.0135. The van der Waals surface area contributed by atoms with Crippen LogP contribution in [0.4, 0.5) is 0 Å². The monoisotopic (exact) mass is 397 g/mol. The fraction of sp³-hybridized carbons (Fsp3) is 0.200. The van der Waals surface area contributed by atoms with Gasteiger partial charge in [0.2, 0.25) is 0 Å². The summed E-state index contributed by atoms with van der Waals surface area (Å²) >= 11 is 7.08. The van der Waals surface area contributed by atoms with Crippen molar-refractivity contribution in [3.63, 3.8) is 0 Å². The zero-order valence-corrected chi connectivity index (χ0v) is 16.1. The highest BCUT2D eigenvalue weighted by molar-refractivity contribution is 7.99. The second kappa shape index (κ2) is 8.12. The van der Waals surface area contributed by atoms with E-state index in [0.29, 0.717) is 11.7 Å². The standard InChI is InChI=1S/C20H19N3O2S2/c24-13-12-23-19(18(22-20(23)26)15-8-4-5-11-21-15)16-9-10-17(25-16)27-14-6-2-1-3-7-14/h1-11,18-19,24H,12-13H2,(H,22,26)/t18-,19+/m1/s1. The number of nitrogens with zero attached hydrogens (tertiary/aromatic N) is 2. The first kappa shape index (κ1) is 18.0. The third-order valence-electron chi connectivity index (χ3n) is 4.39. The van der Waals surface area contributed by atoms with Crippen LogP contribution in [0.1, 0.15) is 23.5 Å². The largest absolute Gasteiger partial charge is 0.452 e. The maximum atomic E-state index is 9.49. The Balaban J connectivity index is 1.64. The first-order valence-electron chi connectivity index (χ1n) is 8.68. The summed E-state index contributed by atoms with van der Waals surface area (Å²) in [5, 5.41) is 14.2. The van der Waals surface area contributed by atoms with Gasteiger partial charge in [-0.15, -0.1) is 0 Å². The van der Waals surface area contributed by atoms with Crippen LogP contribution >= 0.6 is 24.0 Å². The molecule has 1 aliphatic heterocycles. The summed E-state index contributed by atoms with van der Waals surface area (Å²) in [5.41, 5.74) is 0.888. The van der Waals surface area contributed by atoms with E-state index in [9.17, 15) is 5.11 Å². The van der Waals surface area contributed by atoms with Gasteiger partial charge >= 0.3 is 0 Å². The number of rotatable bonds is 6. The second-order valence-electron chi connectivity index (χ2n) is 6.12. The molecular weight excluding hydrogens is 378 g/mol. The molecule has 2 aromatic heterocycles. The lowest BCUT2D eigenvalue weighted by Gasteiger charge is -2.25. The van der Waals surface area contributed by atoms with Gasteiger partial charge in [0, 0.05) is 17.6 Å². The van der Waals surface area contributed by atoms with Crippen molar-refractivity contribution in [2.45, 2.75) is 22.1 Å². The van der Waals surface area contributed by atoms with E-state index in [4.69, 9.17) is 16.6 Å². The first-order chi connectivity index (χ1) is 13.3. The number of aliphatic hydroxyl groups excluding tert-OH is 1. The number of nitrogens with one attached hydrogen (secondary N) is 1. The molecule has 0 spiro atoms. The van der Waals surface area contributed by atoms with Crippen molar-refractivity contribution in [3.05, 3.63) is 78.3 Å². The van der Waals surface area contributed by atoms with Crippen LogP contribution in [0.2, 0.25) is 0 Å². The molecule has 5 nitrogen and oxygen atoms in total. The van der Waals surface area contributed by atoms with Crippen molar-refractivity contribution >= 4 is 29.1 Å². The number of aromatic nitrogens is 1. The van der Waals surface area contributed by atoms with Crippen LogP contribution in [0.25, 0.3) is 0 Å². The van der Waals surface area contributed by atoms with Crippen LogP contribution in [0.3, 0.4) is 0 Å². The molecule has 4 rings (SSSR count). The molecular formula is C20H19N3O2S2. The molecule has 0 unspecified atom stereocenters. The van der Waals surface area contributed by atoms with Crippen molar-refractivity contribution in [1.29, 1.82) is 0 Å². The van der Waals surface area contributed by atoms with Crippen molar-refractivity contribution in [2.24, 2.45) is 0 Å². The Hall–Kier alpha value is -2.35. The zero-order chi connectivity index (χ0) is 18.6. The smallest absolute Gasteiger partial charge is 0.170 e. The van der Waals surface area contributed by atoms with E-state index < -0.39 is 0 Å². The van der Waals surface area contributed by atoms with Gasteiger partial charge in [-0.25, -0.2) is 0 Å². The number of thiocarbonyl (C=S) groups is 1. The summed E-state index contributed by atoms with van der Waals surface area (Å²) in [4.78, 5) is 7.56. The van der Waals surface area contributed by atoms with Gasteiger partial charge in [0.25, 0.3) is 0 Å². The predicted octanol–water partition coefficient (Wildman–Crippen LogP) is 3.79. The lowest BCUT2D eigenvalue weighted by atomic mass is 10.0. The number of pyridine rings is 1. The number of hydrogen-bond acceptors (Lipinski definition) is 5. The predicted molar refractivity (Wildman–Crippen MR) is 109 cm³/mol. The molecule has 0 bridgehead atoms. The molecule has 138 valence electrons. The quantitative estimate of drug-likeness (QED) is 0.614. The van der Waals surface area contributed by atoms with E-state index in [1.165, 1.54) is 0 Å². The molecule has 7 heteroatoms. The molecule has 0 aliphatic carbocycles. The number of benzene rings is 1. The maximum Gasteiger partial charge on any atom is 0.170 e. The average Bonchev–Trinajstić information content (AvgIpc) is 3.28. The van der Waals surface area contributed by atoms with Gasteiger partial charge in [-0.2, -0.15) is 0 Å². The second-order valence-corrected chi connectivity index (χ2v) is 7.58. The molecule has 1 aromatic carbocycles. The zero-order valence-electron chi connectivity index (χ0n) is 14.5. The van der Waals surface area contributed by atoms with Gasteiger partial charge in [0.1, 0.15) is 11.8 Å². The third kappa shape index (κ3) is 3.85. The SMILES string of the molecule is OCCN1C(=S)N[C@H](c2ccccn2)[C@@H]1c1ccc(Sc2ccccc2)o1. The molecule has 0 saturated carbocycles. The Bertz CT molecular complexity index is 902. The molecule has 0 amide bonds. The molecule has 27 heavy (non-hydrogen) atoms. The van der Waals surface area contributed by atoms with Crippen LogP contribution in [0, 0.1) is 0 Å². The molecule has 2 atom stereocenters. The van der Waals surface area contributed by atoms with E-state index >= 15 is 0 Å². The fourth-order valence-corrected chi connectivity index (χ4v) is 4.35. The summed E-state index contributed by atoms with van der Waals surface area (Å²) in [5.74, 6) is 0.796. The summed E-state index contributed by atoms with van der Waals surface area (Å²) in [6, 6.07) is 19.6. The lowest BCUT2D eigenvalue weighted by molar-refractivity contribution is 0.204. The summed E-state index contributed by atoms with van der Waals surface area (Å²) in [7, 11) is 0. The topological polar surface area (TPSA) is 61.5 Å². The lowest BCUT2D eigenvalue weighted by Crippen LogP contribution is -2.32. The minimum atomic E-state index is -0.162. The van der Waals surface area contributed by atoms with Crippen molar-refractivity contribution < 1.29 is 9.52 Å². The maximum absolute atomic E-state index is 9.49. The Morgan fingerprint density at radius 2 is 1.93 bits per heavy atom. The minimum Gasteiger partial charge on any atom is -0.452 e. The number of aliphatic hydroxyl groups is 1. The van der Waals surface area contributed by atoms with Crippen LogP contribution < -0.4 is 5.32 Å². The Morgan fingerprint density at radius 3 is 2.67 bits per heavy atom. The van der Waals surface area contributed by atoms with Gasteiger partial charge in [-0.05, 0) is 48.6 Å². The Labute approximate surface area is 167 Å². The molecule has 1 aliphatic rings. The summed E-state index contributed by atoms with van der Waals surface area (Å²) in [6.07, 6.45) is 1.77. The average molecular weight is 398 g/mol. The van der Waals surface area contributed by atoms with Crippen LogP contribution in [0.15, 0.2) is 81.3 Å². The highest BCUT2D eigenvalue weighted by Crippen LogP contribution is 2.40. The Morgan fingerprint density at radius 1 is 1.11 bits per heavy atom. The van der Waals surface area contributed by atoms with E-state index in [-0.39, 0.29) is 18.7 Å². The highest BCUT2D eigenvalue weighted by Gasteiger charge is 2.41. The molecule has 0 radical (unpaired) electrons. The number of β-amino-alcohol motifs (C(OH)–C–C–N with tert-alkyl or cyclic N) is 1. The van der Waals surface area contributed by atoms with Gasteiger partial charge in [0.05, 0.1) is 18.3 Å². The molecule has 1 fully saturated rings. The highest BCUT2D eigenvalue weighted by atomic mass is 32.2. The summed E-state index contributed by atoms with van der Waals surface area (Å²) in [6.45, 7) is 0.446. The van der Waals surface area contributed by atoms with Crippen LogP contribution in [-0.2, 0) is 0 Å². The summed E-state index contributed by atoms with van der Waals surface area (Å²) < 4.78 is 6.16. The van der Waals surface area contributed by atoms with Crippen LogP contribution in [0.5, 0.6) is 0 Å². The molecule has 2 N–H and O–H groups in total. The van der Waals surface area contributed by atoms with Gasteiger partial charge in [0.15, 0.2) is 10.2 Å². The van der Waals surface area contributed by atoms with E-state index in [2.05, 4.69) is 10.3 Å². The van der Waals surface area contributed by atoms with Crippen molar-refractivity contribution in [3.8, 4) is 0 Å². The number of furan rings is 1. The molecule has 3 heterocycles. The molecule has 1 saturated heterocycles. The van der Waals surface area contributed by atoms with E-state index in [1.54, 1.807) is 18.0 Å². The van der Waals surface area contributed by atoms with Gasteiger partial charge in [-0.3, -0.25) is 4.98 Å². The van der Waals surface area contributed by atoms with Crippen molar-refractivity contribution in [2.75, 3.05) is 13.2 Å². The van der Waals surface area contributed by atoms with E-state index in [1.807, 2.05) is 65.6 Å². The van der Waals surface area contributed by atoms with Gasteiger partial charge in [-0.1, -0.05) is 36.0 Å². The Kier molecular flexibility index (Phi) is 5.42. The van der Waals surface area contributed by atoms with Crippen molar-refractivity contribution in [1.82, 2.24) is 15.2 Å². The van der Waals surface area contributed by atoms with Crippen LogP contribution in [-0.4, -0.2) is 33.3 Å². The molecule has 3 aromatic rings. The fourth-order valence-electron chi connectivity index (χ4n) is 3.22. The normalized spacial score (nSPS) is 19.3.